The molecule has 1 rings (SSSR count). The Kier molecular flexibility index (Phi) is 4.42. The van der Waals surface area contributed by atoms with Crippen LogP contribution in [-0.2, 0) is 0 Å². The summed E-state index contributed by atoms with van der Waals surface area (Å²) in [6.07, 6.45) is 1.41. The number of aromatic nitrogens is 1. The summed E-state index contributed by atoms with van der Waals surface area (Å²) in [5.41, 5.74) is -0.0526. The standard InChI is InChI=1S/C6H4BrNO2.Li/c7-4-1-2-5(6(9)10)8-3-4;/h1-3H,(H,9,10);/q;+1/p-1. The zero-order valence-corrected chi connectivity index (χ0v) is 7.46. The van der Waals surface area contributed by atoms with Gasteiger partial charge in [-0.3, -0.25) is 4.98 Å². The topological polar surface area (TPSA) is 53.0 Å². The smallest absolute Gasteiger partial charge is 0.543 e. The van der Waals surface area contributed by atoms with Crippen LogP contribution in [0.3, 0.4) is 0 Å². The molecule has 52 valence electrons. The van der Waals surface area contributed by atoms with Crippen LogP contribution in [0.4, 0.5) is 0 Å². The van der Waals surface area contributed by atoms with Crippen LogP contribution in [0.2, 0.25) is 0 Å². The van der Waals surface area contributed by atoms with Gasteiger partial charge in [0.15, 0.2) is 0 Å². The summed E-state index contributed by atoms with van der Waals surface area (Å²) in [6.45, 7) is 0. The fraction of sp³-hybridized carbons (Fsp3) is 0. The molecule has 0 amide bonds. The first-order valence-electron chi connectivity index (χ1n) is 2.53. The molecule has 1 aromatic rings. The summed E-state index contributed by atoms with van der Waals surface area (Å²) >= 11 is 3.12. The van der Waals surface area contributed by atoms with Gasteiger partial charge in [-0.05, 0) is 28.1 Å². The average molecular weight is 208 g/mol. The molecule has 0 unspecified atom stereocenters. The Hall–Kier alpha value is -0.303. The fourth-order valence-corrected chi connectivity index (χ4v) is 0.731. The van der Waals surface area contributed by atoms with E-state index in [1.807, 2.05) is 0 Å². The van der Waals surface area contributed by atoms with Gasteiger partial charge < -0.3 is 9.90 Å². The molecule has 3 nitrogen and oxygen atoms in total. The monoisotopic (exact) mass is 207 g/mol. The van der Waals surface area contributed by atoms with Gasteiger partial charge in [0.1, 0.15) is 0 Å². The molecule has 0 atom stereocenters. The summed E-state index contributed by atoms with van der Waals surface area (Å²) in [7, 11) is 0. The predicted molar refractivity (Wildman–Crippen MR) is 36.3 cm³/mol. The van der Waals surface area contributed by atoms with Gasteiger partial charge in [0.2, 0.25) is 0 Å². The van der Waals surface area contributed by atoms with E-state index in [2.05, 4.69) is 20.9 Å². The molecule has 0 aliphatic rings. The van der Waals surface area contributed by atoms with Crippen molar-refractivity contribution in [1.82, 2.24) is 4.98 Å². The van der Waals surface area contributed by atoms with Crippen molar-refractivity contribution in [2.24, 2.45) is 0 Å². The van der Waals surface area contributed by atoms with E-state index >= 15 is 0 Å². The van der Waals surface area contributed by atoms with Gasteiger partial charge in [0.05, 0.1) is 11.7 Å². The Morgan fingerprint density at radius 3 is 2.55 bits per heavy atom. The number of carboxylic acid groups (broad SMARTS) is 1. The van der Waals surface area contributed by atoms with Crippen LogP contribution in [-0.4, -0.2) is 11.0 Å². The van der Waals surface area contributed by atoms with Gasteiger partial charge >= 0.3 is 18.9 Å². The van der Waals surface area contributed by atoms with Gasteiger partial charge in [-0.15, -0.1) is 0 Å². The van der Waals surface area contributed by atoms with E-state index in [0.29, 0.717) is 0 Å². The van der Waals surface area contributed by atoms with Gasteiger partial charge in [0, 0.05) is 10.7 Å². The molecule has 0 aliphatic carbocycles. The number of hydrogen-bond donors (Lipinski definition) is 0. The Balaban J connectivity index is 0.000001000. The summed E-state index contributed by atoms with van der Waals surface area (Å²) in [4.78, 5) is 13.7. The van der Waals surface area contributed by atoms with Crippen molar-refractivity contribution in [2.75, 3.05) is 0 Å². The van der Waals surface area contributed by atoms with Crippen molar-refractivity contribution < 1.29 is 28.8 Å². The van der Waals surface area contributed by atoms with Gasteiger partial charge in [-0.2, -0.15) is 0 Å². The molecule has 0 bridgehead atoms. The molecule has 0 spiro atoms. The second-order valence-corrected chi connectivity index (χ2v) is 2.56. The van der Waals surface area contributed by atoms with Crippen LogP contribution in [0, 0.1) is 0 Å². The van der Waals surface area contributed by atoms with E-state index in [1.165, 1.54) is 12.3 Å². The second kappa shape index (κ2) is 4.55. The maximum Gasteiger partial charge on any atom is 1.00 e. The van der Waals surface area contributed by atoms with Crippen molar-refractivity contribution in [3.8, 4) is 0 Å². The number of hydrogen-bond acceptors (Lipinski definition) is 3. The van der Waals surface area contributed by atoms with Crippen molar-refractivity contribution in [1.29, 1.82) is 0 Å². The molecule has 0 saturated heterocycles. The van der Waals surface area contributed by atoms with Gasteiger partial charge in [0.25, 0.3) is 0 Å². The van der Waals surface area contributed by atoms with E-state index < -0.39 is 5.97 Å². The first-order chi connectivity index (χ1) is 4.70. The minimum absolute atomic E-state index is 0. The molecule has 0 aromatic carbocycles. The quantitative estimate of drug-likeness (QED) is 0.469. The maximum absolute atomic E-state index is 10.1. The maximum atomic E-state index is 10.1. The normalized spacial score (nSPS) is 8.45. The number of halogens is 1. The molecule has 0 radical (unpaired) electrons. The summed E-state index contributed by atoms with van der Waals surface area (Å²) in [5, 5.41) is 10.1. The van der Waals surface area contributed by atoms with Crippen molar-refractivity contribution in [3.05, 3.63) is 28.5 Å². The van der Waals surface area contributed by atoms with E-state index in [1.54, 1.807) is 6.07 Å². The van der Waals surface area contributed by atoms with Crippen LogP contribution >= 0.6 is 15.9 Å². The number of carbonyl (C=O) groups is 1. The Bertz CT molecular complexity index is 249. The average Bonchev–Trinajstić information content (AvgIpc) is 1.88. The van der Waals surface area contributed by atoms with E-state index in [0.717, 1.165) is 4.47 Å². The summed E-state index contributed by atoms with van der Waals surface area (Å²) < 4.78 is 0.748. The summed E-state index contributed by atoms with van der Waals surface area (Å²) in [6, 6.07) is 2.97. The Morgan fingerprint density at radius 1 is 1.55 bits per heavy atom. The third-order valence-electron chi connectivity index (χ3n) is 0.937. The minimum atomic E-state index is -1.26. The first-order valence-corrected chi connectivity index (χ1v) is 3.32. The number of nitrogens with zero attached hydrogens (tertiary/aromatic N) is 1. The van der Waals surface area contributed by atoms with E-state index in [4.69, 9.17) is 0 Å². The predicted octanol–water partition coefficient (Wildman–Crippen LogP) is -2.79. The SMILES string of the molecule is O=C([O-])c1ccc(Br)cn1.[Li+]. The zero-order chi connectivity index (χ0) is 7.56. The minimum Gasteiger partial charge on any atom is -0.543 e. The van der Waals surface area contributed by atoms with Crippen molar-refractivity contribution in [2.45, 2.75) is 0 Å². The molecule has 11 heavy (non-hydrogen) atoms. The molecule has 1 heterocycles. The third-order valence-corrected chi connectivity index (χ3v) is 1.41. The third kappa shape index (κ3) is 3.06. The number of carbonyl (C=O) groups excluding carboxylic acids is 1. The number of pyridine rings is 1. The van der Waals surface area contributed by atoms with Crippen LogP contribution < -0.4 is 24.0 Å². The zero-order valence-electron chi connectivity index (χ0n) is 5.87. The number of carboxylic acids is 1. The molecule has 0 aliphatic heterocycles. The van der Waals surface area contributed by atoms with E-state index in [-0.39, 0.29) is 24.6 Å². The van der Waals surface area contributed by atoms with Crippen molar-refractivity contribution in [3.63, 3.8) is 0 Å². The van der Waals surface area contributed by atoms with Gasteiger partial charge in [-0.25, -0.2) is 0 Å². The fourth-order valence-electron chi connectivity index (χ4n) is 0.497. The molecular formula is C6H3BrLiNO2. The number of rotatable bonds is 1. The van der Waals surface area contributed by atoms with Crippen LogP contribution in [0.1, 0.15) is 10.5 Å². The molecule has 0 N–H and O–H groups in total. The van der Waals surface area contributed by atoms with Crippen LogP contribution in [0.15, 0.2) is 22.8 Å². The van der Waals surface area contributed by atoms with Crippen LogP contribution in [0.25, 0.3) is 0 Å². The second-order valence-electron chi connectivity index (χ2n) is 1.65. The number of aromatic carboxylic acids is 1. The largest absolute Gasteiger partial charge is 1.00 e. The summed E-state index contributed by atoms with van der Waals surface area (Å²) in [5.74, 6) is -1.26. The van der Waals surface area contributed by atoms with Crippen LogP contribution in [0.5, 0.6) is 0 Å². The molecule has 5 heteroatoms. The first kappa shape index (κ1) is 10.7. The Labute approximate surface area is 84.1 Å². The van der Waals surface area contributed by atoms with E-state index in [9.17, 15) is 9.90 Å². The molecule has 1 aromatic heterocycles. The molecule has 0 fully saturated rings. The van der Waals surface area contributed by atoms with Crippen molar-refractivity contribution >= 4 is 21.9 Å². The molecular weight excluding hydrogens is 205 g/mol. The van der Waals surface area contributed by atoms with Gasteiger partial charge in [-0.1, -0.05) is 0 Å². The Morgan fingerprint density at radius 2 is 2.18 bits per heavy atom. The molecule has 0 saturated carbocycles.